The van der Waals surface area contributed by atoms with Crippen molar-refractivity contribution in [1.29, 1.82) is 0 Å². The van der Waals surface area contributed by atoms with Crippen molar-refractivity contribution in [2.45, 2.75) is 6.54 Å². The molecule has 0 spiro atoms. The molecule has 22 heavy (non-hydrogen) atoms. The van der Waals surface area contributed by atoms with Crippen LogP contribution in [0.1, 0.15) is 11.1 Å². The number of allylic oxidation sites excluding steroid dienone is 1. The van der Waals surface area contributed by atoms with E-state index in [2.05, 4.69) is 9.98 Å². The number of hydrogen-bond donors (Lipinski definition) is 2. The lowest BCUT2D eigenvalue weighted by atomic mass is 10.1. The van der Waals surface area contributed by atoms with Gasteiger partial charge in [-0.05, 0) is 11.6 Å². The summed E-state index contributed by atoms with van der Waals surface area (Å²) in [7, 11) is -2.09. The molecule has 2 aromatic rings. The van der Waals surface area contributed by atoms with Gasteiger partial charge < -0.3 is 5.73 Å². The van der Waals surface area contributed by atoms with Crippen LogP contribution in [0.3, 0.4) is 0 Å². The van der Waals surface area contributed by atoms with E-state index in [-0.39, 0.29) is 0 Å². The maximum absolute atomic E-state index is 10.2. The van der Waals surface area contributed by atoms with Gasteiger partial charge in [0, 0.05) is 29.7 Å². The van der Waals surface area contributed by atoms with Gasteiger partial charge in [0.25, 0.3) is 0 Å². The van der Waals surface area contributed by atoms with Gasteiger partial charge in [0.2, 0.25) is 0 Å². The summed E-state index contributed by atoms with van der Waals surface area (Å²) in [6, 6.07) is 12.0. The first kappa shape index (κ1) is 16.3. The summed E-state index contributed by atoms with van der Waals surface area (Å²) in [5.41, 5.74) is 8.50. The Morgan fingerprint density at radius 2 is 2.00 bits per heavy atom. The van der Waals surface area contributed by atoms with Crippen LogP contribution < -0.4 is 11.0 Å². The van der Waals surface area contributed by atoms with Gasteiger partial charge in [-0.1, -0.05) is 30.3 Å². The van der Waals surface area contributed by atoms with Crippen molar-refractivity contribution in [2.75, 3.05) is 13.3 Å². The Labute approximate surface area is 131 Å². The van der Waals surface area contributed by atoms with E-state index in [1.807, 2.05) is 49.7 Å². The van der Waals surface area contributed by atoms with Crippen LogP contribution in [0.25, 0.3) is 5.57 Å². The number of nitrogens with two attached hydrogens (primary N) is 1. The molecule has 1 aromatic heterocycles. The predicted molar refractivity (Wildman–Crippen MR) is 95.7 cm³/mol. The average Bonchev–Trinajstić information content (AvgIpc) is 2.52. The Kier molecular flexibility index (Phi) is 5.42. The third kappa shape index (κ3) is 4.48. The molecule has 0 saturated heterocycles. The van der Waals surface area contributed by atoms with E-state index >= 15 is 0 Å². The molecule has 2 rings (SSSR count). The van der Waals surface area contributed by atoms with E-state index in [9.17, 15) is 4.89 Å². The molecule has 4 nitrogen and oxygen atoms in total. The van der Waals surface area contributed by atoms with Gasteiger partial charge in [0.1, 0.15) is 5.30 Å². The first-order valence-electron chi connectivity index (χ1n) is 6.99. The number of aliphatic imine (C=N–C) groups is 1. The summed E-state index contributed by atoms with van der Waals surface area (Å²) >= 11 is 0. The lowest BCUT2D eigenvalue weighted by Crippen LogP contribution is -2.10. The molecule has 1 heterocycles. The molecule has 0 aliphatic heterocycles. The SMILES string of the molecule is C[P+](C)(O)c1cncc(C(C=NCc2ccccc2)=CN)c1. The molecule has 0 aliphatic carbocycles. The third-order valence-electron chi connectivity index (χ3n) is 3.22. The summed E-state index contributed by atoms with van der Waals surface area (Å²) in [4.78, 5) is 18.8. The van der Waals surface area contributed by atoms with Gasteiger partial charge in [-0.2, -0.15) is 0 Å². The Morgan fingerprint density at radius 1 is 1.27 bits per heavy atom. The summed E-state index contributed by atoms with van der Waals surface area (Å²) in [5.74, 6) is 0. The fraction of sp³-hybridized carbons (Fsp3) is 0.176. The molecule has 0 fully saturated rings. The molecule has 3 N–H and O–H groups in total. The topological polar surface area (TPSA) is 71.5 Å². The maximum atomic E-state index is 10.2. The molecule has 0 bridgehead atoms. The van der Waals surface area contributed by atoms with Crippen LogP contribution in [-0.2, 0) is 6.54 Å². The second kappa shape index (κ2) is 7.30. The van der Waals surface area contributed by atoms with Crippen LogP contribution in [0.4, 0.5) is 0 Å². The average molecular weight is 314 g/mol. The van der Waals surface area contributed by atoms with Crippen LogP contribution in [0, 0.1) is 0 Å². The first-order valence-corrected chi connectivity index (χ1v) is 9.62. The quantitative estimate of drug-likeness (QED) is 0.658. The van der Waals surface area contributed by atoms with Gasteiger partial charge in [0.15, 0.2) is 7.49 Å². The zero-order valence-electron chi connectivity index (χ0n) is 12.8. The molecule has 114 valence electrons. The molecule has 0 unspecified atom stereocenters. The van der Waals surface area contributed by atoms with E-state index in [4.69, 9.17) is 5.73 Å². The summed E-state index contributed by atoms with van der Waals surface area (Å²) in [5, 5.41) is 0.848. The van der Waals surface area contributed by atoms with Crippen LogP contribution in [0.2, 0.25) is 0 Å². The Balaban J connectivity index is 2.16. The highest BCUT2D eigenvalue weighted by molar-refractivity contribution is 7.76. The van der Waals surface area contributed by atoms with Gasteiger partial charge in [0.05, 0.1) is 26.1 Å². The van der Waals surface area contributed by atoms with E-state index in [0.717, 1.165) is 22.0 Å². The minimum Gasteiger partial charge on any atom is -0.404 e. The summed E-state index contributed by atoms with van der Waals surface area (Å²) < 4.78 is 0. The van der Waals surface area contributed by atoms with Crippen molar-refractivity contribution in [3.05, 3.63) is 66.1 Å². The predicted octanol–water partition coefficient (Wildman–Crippen LogP) is 2.46. The van der Waals surface area contributed by atoms with Crippen molar-refractivity contribution in [3.63, 3.8) is 0 Å². The van der Waals surface area contributed by atoms with Crippen molar-refractivity contribution in [2.24, 2.45) is 10.7 Å². The second-order valence-corrected chi connectivity index (χ2v) is 8.71. The highest BCUT2D eigenvalue weighted by Gasteiger charge is 2.25. The molecule has 0 radical (unpaired) electrons. The molecule has 0 saturated carbocycles. The van der Waals surface area contributed by atoms with Crippen molar-refractivity contribution in [1.82, 2.24) is 4.98 Å². The summed E-state index contributed by atoms with van der Waals surface area (Å²) in [6.07, 6.45) is 6.69. The van der Waals surface area contributed by atoms with E-state index in [1.165, 1.54) is 6.20 Å². The number of aromatic nitrogens is 1. The maximum Gasteiger partial charge on any atom is 0.170 e. The molecular formula is C17H21N3OP+. The zero-order valence-corrected chi connectivity index (χ0v) is 13.7. The molecule has 0 amide bonds. The summed E-state index contributed by atoms with van der Waals surface area (Å²) in [6.45, 7) is 4.27. The Bertz CT molecular complexity index is 676. The van der Waals surface area contributed by atoms with Gasteiger partial charge in [-0.15, -0.1) is 0 Å². The van der Waals surface area contributed by atoms with Gasteiger partial charge >= 0.3 is 0 Å². The van der Waals surface area contributed by atoms with Gasteiger partial charge in [-0.25, -0.2) is 4.89 Å². The minimum absolute atomic E-state index is 0.601. The Hall–Kier alpha value is -2.03. The number of pyridine rings is 1. The lowest BCUT2D eigenvalue weighted by Gasteiger charge is -2.09. The Morgan fingerprint density at radius 3 is 2.64 bits per heavy atom. The van der Waals surface area contributed by atoms with Crippen molar-refractivity contribution < 1.29 is 4.89 Å². The fourth-order valence-electron chi connectivity index (χ4n) is 1.93. The van der Waals surface area contributed by atoms with Crippen LogP contribution in [0.5, 0.6) is 0 Å². The molecular weight excluding hydrogens is 293 g/mol. The lowest BCUT2D eigenvalue weighted by molar-refractivity contribution is 0.624. The van der Waals surface area contributed by atoms with Crippen molar-refractivity contribution in [3.8, 4) is 0 Å². The van der Waals surface area contributed by atoms with Gasteiger partial charge in [-0.3, -0.25) is 9.98 Å². The first-order chi connectivity index (χ1) is 10.5. The largest absolute Gasteiger partial charge is 0.404 e. The van der Waals surface area contributed by atoms with E-state index in [0.29, 0.717) is 6.54 Å². The van der Waals surface area contributed by atoms with Crippen LogP contribution in [-0.4, -0.2) is 29.4 Å². The number of benzene rings is 1. The molecule has 0 aliphatic rings. The zero-order chi connectivity index (χ0) is 16.0. The molecule has 5 heteroatoms. The van der Waals surface area contributed by atoms with Crippen LogP contribution >= 0.6 is 7.49 Å². The highest BCUT2D eigenvalue weighted by atomic mass is 31.2. The smallest absolute Gasteiger partial charge is 0.170 e. The number of rotatable bonds is 5. The normalized spacial score (nSPS) is 12.8. The molecule has 0 atom stereocenters. The monoisotopic (exact) mass is 314 g/mol. The van der Waals surface area contributed by atoms with E-state index in [1.54, 1.807) is 18.6 Å². The number of hydrogen-bond acceptors (Lipinski definition) is 4. The van der Waals surface area contributed by atoms with E-state index < -0.39 is 7.49 Å². The fourth-order valence-corrected chi connectivity index (χ4v) is 2.74. The second-order valence-electron chi connectivity index (χ2n) is 5.40. The molecule has 1 aromatic carbocycles. The third-order valence-corrected chi connectivity index (χ3v) is 4.72. The van der Waals surface area contributed by atoms with Crippen molar-refractivity contribution >= 4 is 24.6 Å². The standard InChI is InChI=1S/C17H21N3OP/c1-22(2,21)17-8-15(11-20-13-17)16(9-18)12-19-10-14-6-4-3-5-7-14/h3-9,11-13,21H,10,18H2,1-2H3/q+1. The number of nitrogens with zero attached hydrogens (tertiary/aromatic N) is 2. The highest BCUT2D eigenvalue weighted by Crippen LogP contribution is 2.44. The van der Waals surface area contributed by atoms with Crippen LogP contribution in [0.15, 0.2) is 60.0 Å². The minimum atomic E-state index is -2.09.